The largest absolute Gasteiger partial charge is 0.345 e. The van der Waals surface area contributed by atoms with Gasteiger partial charge >= 0.3 is 0 Å². The predicted molar refractivity (Wildman–Crippen MR) is 120 cm³/mol. The van der Waals surface area contributed by atoms with E-state index in [0.717, 1.165) is 63.5 Å². The minimum atomic E-state index is 0.711. The molecule has 0 radical (unpaired) electrons. The Morgan fingerprint density at radius 1 is 1.03 bits per heavy atom. The molecule has 0 saturated heterocycles. The Bertz CT molecular complexity index is 1210. The van der Waals surface area contributed by atoms with Crippen molar-refractivity contribution < 1.29 is 0 Å². The van der Waals surface area contributed by atoms with E-state index in [-0.39, 0.29) is 0 Å². The Hall–Kier alpha value is -3.15. The number of aromatic nitrogens is 6. The Balaban J connectivity index is 1.44. The van der Waals surface area contributed by atoms with Crippen LogP contribution in [0.3, 0.4) is 0 Å². The third kappa shape index (κ3) is 3.30. The van der Waals surface area contributed by atoms with E-state index in [1.165, 1.54) is 25.7 Å². The van der Waals surface area contributed by atoms with Crippen molar-refractivity contribution in [1.29, 1.82) is 0 Å². The second-order valence-corrected chi connectivity index (χ2v) is 9.20. The van der Waals surface area contributed by atoms with Gasteiger partial charge in [-0.25, -0.2) is 19.9 Å². The van der Waals surface area contributed by atoms with E-state index < -0.39 is 0 Å². The van der Waals surface area contributed by atoms with Gasteiger partial charge in [-0.05, 0) is 74.0 Å². The van der Waals surface area contributed by atoms with E-state index in [1.807, 2.05) is 24.7 Å². The van der Waals surface area contributed by atoms with Crippen molar-refractivity contribution in [1.82, 2.24) is 29.9 Å². The van der Waals surface area contributed by atoms with Crippen LogP contribution in [0.5, 0.6) is 0 Å². The molecule has 2 atom stereocenters. The smallest absolute Gasteiger partial charge is 0.162 e. The summed E-state index contributed by atoms with van der Waals surface area (Å²) in [5.74, 6) is 3.94. The summed E-state index contributed by atoms with van der Waals surface area (Å²) in [6, 6.07) is 6.19. The molecule has 1 N–H and O–H groups in total. The van der Waals surface area contributed by atoms with Crippen LogP contribution in [0.4, 0.5) is 0 Å². The van der Waals surface area contributed by atoms with Crippen LogP contribution in [-0.2, 0) is 6.42 Å². The first-order chi connectivity index (χ1) is 15.3. The summed E-state index contributed by atoms with van der Waals surface area (Å²) in [7, 11) is 0. The third-order valence-corrected chi connectivity index (χ3v) is 7.62. The summed E-state index contributed by atoms with van der Waals surface area (Å²) in [6.45, 7) is 2.46. The van der Waals surface area contributed by atoms with Gasteiger partial charge in [-0.1, -0.05) is 6.92 Å². The molecule has 0 amide bonds. The molecule has 0 aromatic carbocycles. The standard InChI is InChI=1S/C25H26N6/c1-15-16-4-6-17(7-5-16)20(15)9-19-10-23(18-3-2-8-26-11-18)31-25(30-19)22-13-28-24-21(22)12-27-14-29-24/h2-3,8,10-17,20H,4-7,9H2,1H3,(H,27,28,29)/t15-,16?,17?,20+/m1/s1. The maximum atomic E-state index is 5.06. The molecular formula is C25H26N6. The van der Waals surface area contributed by atoms with Gasteiger partial charge in [0.2, 0.25) is 0 Å². The summed E-state index contributed by atoms with van der Waals surface area (Å²) < 4.78 is 0. The van der Waals surface area contributed by atoms with Gasteiger partial charge in [-0.2, -0.15) is 0 Å². The van der Waals surface area contributed by atoms with Crippen LogP contribution >= 0.6 is 0 Å². The number of aromatic amines is 1. The van der Waals surface area contributed by atoms with E-state index in [0.29, 0.717) is 5.92 Å². The van der Waals surface area contributed by atoms with Gasteiger partial charge in [0, 0.05) is 47.0 Å². The highest BCUT2D eigenvalue weighted by Crippen LogP contribution is 2.49. The monoisotopic (exact) mass is 410 g/mol. The fraction of sp³-hybridized carbons (Fsp3) is 0.400. The van der Waals surface area contributed by atoms with Gasteiger partial charge < -0.3 is 4.98 Å². The molecule has 3 aliphatic carbocycles. The fourth-order valence-electron chi connectivity index (χ4n) is 5.90. The Kier molecular flexibility index (Phi) is 4.51. The van der Waals surface area contributed by atoms with E-state index in [1.54, 1.807) is 12.5 Å². The zero-order valence-corrected chi connectivity index (χ0v) is 17.7. The lowest BCUT2D eigenvalue weighted by Crippen LogP contribution is -2.39. The SMILES string of the molecule is C[C@@H]1C2CCC(CC2)[C@H]1Cc1cc(-c2cccnc2)nc(-c2c[nH]c3ncncc23)n1. The molecule has 3 fully saturated rings. The maximum Gasteiger partial charge on any atom is 0.162 e. The molecule has 2 bridgehead atoms. The van der Waals surface area contributed by atoms with Crippen LogP contribution in [0.2, 0.25) is 0 Å². The Labute approximate surface area is 181 Å². The van der Waals surface area contributed by atoms with Crippen LogP contribution in [0.1, 0.15) is 38.3 Å². The molecule has 4 heterocycles. The number of rotatable bonds is 4. The zero-order chi connectivity index (χ0) is 20.8. The second kappa shape index (κ2) is 7.52. The highest BCUT2D eigenvalue weighted by atomic mass is 14.9. The van der Waals surface area contributed by atoms with E-state index in [4.69, 9.17) is 9.97 Å². The number of H-pyrrole nitrogens is 1. The lowest BCUT2D eigenvalue weighted by Gasteiger charge is -2.47. The van der Waals surface area contributed by atoms with Crippen molar-refractivity contribution >= 4 is 11.0 Å². The van der Waals surface area contributed by atoms with E-state index in [2.05, 4.69) is 39.0 Å². The Morgan fingerprint density at radius 2 is 1.90 bits per heavy atom. The summed E-state index contributed by atoms with van der Waals surface area (Å²) >= 11 is 0. The van der Waals surface area contributed by atoms with Gasteiger partial charge in [0.05, 0.1) is 5.69 Å². The quantitative estimate of drug-likeness (QED) is 0.507. The van der Waals surface area contributed by atoms with Gasteiger partial charge in [-0.3, -0.25) is 4.98 Å². The minimum Gasteiger partial charge on any atom is -0.345 e. The average molecular weight is 411 g/mol. The molecular weight excluding hydrogens is 384 g/mol. The summed E-state index contributed by atoms with van der Waals surface area (Å²) in [5, 5.41) is 0.946. The van der Waals surface area contributed by atoms with Crippen LogP contribution < -0.4 is 0 Å². The zero-order valence-electron chi connectivity index (χ0n) is 17.7. The van der Waals surface area contributed by atoms with Crippen LogP contribution in [-0.4, -0.2) is 29.9 Å². The number of nitrogens with zero attached hydrogens (tertiary/aromatic N) is 5. The van der Waals surface area contributed by atoms with Gasteiger partial charge in [-0.15, -0.1) is 0 Å². The van der Waals surface area contributed by atoms with Crippen LogP contribution in [0.25, 0.3) is 33.7 Å². The van der Waals surface area contributed by atoms with Crippen molar-refractivity contribution in [2.24, 2.45) is 23.7 Å². The first kappa shape index (κ1) is 18.6. The molecule has 4 aromatic rings. The molecule has 0 spiro atoms. The van der Waals surface area contributed by atoms with Crippen molar-refractivity contribution in [3.63, 3.8) is 0 Å². The molecule has 0 unspecified atom stereocenters. The maximum absolute atomic E-state index is 5.06. The lowest BCUT2D eigenvalue weighted by molar-refractivity contribution is 0.0339. The summed E-state index contributed by atoms with van der Waals surface area (Å²) in [5.41, 5.74) is 4.81. The normalized spacial score (nSPS) is 25.2. The lowest BCUT2D eigenvalue weighted by atomic mass is 9.58. The fourth-order valence-corrected chi connectivity index (χ4v) is 5.90. The predicted octanol–water partition coefficient (Wildman–Crippen LogP) is 5.09. The molecule has 156 valence electrons. The molecule has 0 aliphatic heterocycles. The minimum absolute atomic E-state index is 0.711. The van der Waals surface area contributed by atoms with E-state index in [9.17, 15) is 0 Å². The second-order valence-electron chi connectivity index (χ2n) is 9.20. The summed E-state index contributed by atoms with van der Waals surface area (Å²) in [6.07, 6.45) is 15.6. The van der Waals surface area contributed by atoms with Crippen molar-refractivity contribution in [2.75, 3.05) is 0 Å². The van der Waals surface area contributed by atoms with Gasteiger partial charge in [0.15, 0.2) is 5.82 Å². The summed E-state index contributed by atoms with van der Waals surface area (Å²) in [4.78, 5) is 26.1. The third-order valence-electron chi connectivity index (χ3n) is 7.62. The van der Waals surface area contributed by atoms with Crippen LogP contribution in [0, 0.1) is 23.7 Å². The molecule has 3 saturated carbocycles. The van der Waals surface area contributed by atoms with Gasteiger partial charge in [0.1, 0.15) is 12.0 Å². The van der Waals surface area contributed by atoms with Crippen molar-refractivity contribution in [2.45, 2.75) is 39.0 Å². The highest BCUT2D eigenvalue weighted by molar-refractivity contribution is 5.91. The number of pyridine rings is 1. The van der Waals surface area contributed by atoms with Gasteiger partial charge in [0.25, 0.3) is 0 Å². The first-order valence-electron chi connectivity index (χ1n) is 11.3. The molecule has 6 heteroatoms. The molecule has 3 aliphatic rings. The average Bonchev–Trinajstić information content (AvgIpc) is 3.26. The molecule has 7 rings (SSSR count). The Morgan fingerprint density at radius 3 is 2.71 bits per heavy atom. The number of hydrogen-bond acceptors (Lipinski definition) is 5. The first-order valence-corrected chi connectivity index (χ1v) is 11.3. The van der Waals surface area contributed by atoms with Crippen molar-refractivity contribution in [3.8, 4) is 22.6 Å². The number of hydrogen-bond donors (Lipinski definition) is 1. The van der Waals surface area contributed by atoms with E-state index >= 15 is 0 Å². The number of nitrogens with one attached hydrogen (secondary N) is 1. The molecule has 31 heavy (non-hydrogen) atoms. The van der Waals surface area contributed by atoms with Crippen molar-refractivity contribution in [3.05, 3.63) is 55.0 Å². The number of fused-ring (bicyclic) bond motifs is 4. The topological polar surface area (TPSA) is 80.2 Å². The highest BCUT2D eigenvalue weighted by Gasteiger charge is 2.41. The molecule has 6 nitrogen and oxygen atoms in total. The molecule has 4 aromatic heterocycles. The van der Waals surface area contributed by atoms with Crippen LogP contribution in [0.15, 0.2) is 49.3 Å².